The standard InChI is InChI=1S/C29H28ClN5O/c1-20-7-5-9-25-27(20)24(19-35(25)28-22(17-31)8-6-14-32-28)29(36)33-18-26(34-15-3-2-4-16-34)21-10-12-23(30)13-11-21/h5-14,19,26H,2-4,15-16,18H2,1H3,(H,33,36). The maximum absolute atomic E-state index is 13.6. The predicted molar refractivity (Wildman–Crippen MR) is 142 cm³/mol. The van der Waals surface area contributed by atoms with Gasteiger partial charge in [-0.05, 0) is 74.3 Å². The van der Waals surface area contributed by atoms with Gasteiger partial charge in [0.15, 0.2) is 5.82 Å². The lowest BCUT2D eigenvalue weighted by molar-refractivity contribution is 0.0926. The molecule has 0 saturated carbocycles. The zero-order valence-electron chi connectivity index (χ0n) is 20.2. The Hall–Kier alpha value is -3.66. The van der Waals surface area contributed by atoms with Crippen LogP contribution in [0.2, 0.25) is 5.02 Å². The van der Waals surface area contributed by atoms with E-state index in [1.165, 1.54) is 6.42 Å². The maximum atomic E-state index is 13.6. The van der Waals surface area contributed by atoms with E-state index < -0.39 is 0 Å². The molecule has 182 valence electrons. The lowest BCUT2D eigenvalue weighted by Gasteiger charge is -2.35. The van der Waals surface area contributed by atoms with Crippen LogP contribution < -0.4 is 5.32 Å². The van der Waals surface area contributed by atoms with Crippen molar-refractivity contribution in [3.05, 3.63) is 94.3 Å². The lowest BCUT2D eigenvalue weighted by Crippen LogP contribution is -2.40. The summed E-state index contributed by atoms with van der Waals surface area (Å²) in [5.41, 5.74) is 4.02. The van der Waals surface area contributed by atoms with Crippen LogP contribution in [0.1, 0.15) is 52.4 Å². The third kappa shape index (κ3) is 4.73. The number of likely N-dealkylation sites (tertiary alicyclic amines) is 1. The van der Waals surface area contributed by atoms with Gasteiger partial charge in [-0.2, -0.15) is 5.26 Å². The van der Waals surface area contributed by atoms with E-state index in [-0.39, 0.29) is 11.9 Å². The highest BCUT2D eigenvalue weighted by Crippen LogP contribution is 2.29. The van der Waals surface area contributed by atoms with Gasteiger partial charge in [-0.3, -0.25) is 14.3 Å². The number of halogens is 1. The molecule has 1 amide bonds. The molecule has 0 bridgehead atoms. The number of carbonyl (C=O) groups excluding carboxylic acids is 1. The first-order chi connectivity index (χ1) is 17.6. The fourth-order valence-electron chi connectivity index (χ4n) is 5.15. The van der Waals surface area contributed by atoms with Crippen molar-refractivity contribution in [1.82, 2.24) is 19.8 Å². The van der Waals surface area contributed by atoms with Gasteiger partial charge in [0.25, 0.3) is 5.91 Å². The van der Waals surface area contributed by atoms with Gasteiger partial charge in [-0.25, -0.2) is 4.98 Å². The summed E-state index contributed by atoms with van der Waals surface area (Å²) < 4.78 is 1.84. The van der Waals surface area contributed by atoms with Gasteiger partial charge in [0.1, 0.15) is 6.07 Å². The normalized spacial score (nSPS) is 14.9. The Morgan fingerprint density at radius 2 is 1.89 bits per heavy atom. The van der Waals surface area contributed by atoms with Crippen LogP contribution in [0.15, 0.2) is 67.0 Å². The first kappa shape index (κ1) is 24.1. The molecule has 36 heavy (non-hydrogen) atoms. The number of nitrogens with zero attached hydrogens (tertiary/aromatic N) is 4. The second-order valence-electron chi connectivity index (χ2n) is 9.24. The summed E-state index contributed by atoms with van der Waals surface area (Å²) >= 11 is 6.14. The molecular weight excluding hydrogens is 470 g/mol. The number of pyridine rings is 1. The monoisotopic (exact) mass is 497 g/mol. The Bertz CT molecular complexity index is 1430. The maximum Gasteiger partial charge on any atom is 0.253 e. The molecule has 1 fully saturated rings. The highest BCUT2D eigenvalue weighted by molar-refractivity contribution is 6.30. The summed E-state index contributed by atoms with van der Waals surface area (Å²) in [5, 5.41) is 14.4. The minimum absolute atomic E-state index is 0.0712. The van der Waals surface area contributed by atoms with E-state index in [1.807, 2.05) is 54.0 Å². The molecule has 5 rings (SSSR count). The molecule has 2 aromatic heterocycles. The molecule has 1 aliphatic rings. The summed E-state index contributed by atoms with van der Waals surface area (Å²) in [4.78, 5) is 20.5. The quantitative estimate of drug-likeness (QED) is 0.364. The Morgan fingerprint density at radius 1 is 1.11 bits per heavy atom. The van der Waals surface area contributed by atoms with Gasteiger partial charge in [0, 0.05) is 29.3 Å². The third-order valence-electron chi connectivity index (χ3n) is 6.96. The molecule has 3 heterocycles. The number of nitriles is 1. The summed E-state index contributed by atoms with van der Waals surface area (Å²) in [6.07, 6.45) is 7.03. The smallest absolute Gasteiger partial charge is 0.253 e. The van der Waals surface area contributed by atoms with Gasteiger partial charge >= 0.3 is 0 Å². The molecular formula is C29H28ClN5O. The number of hydrogen-bond acceptors (Lipinski definition) is 4. The fraction of sp³-hybridized carbons (Fsp3) is 0.276. The number of fused-ring (bicyclic) bond motifs is 1. The number of benzene rings is 2. The average Bonchev–Trinajstić information content (AvgIpc) is 3.31. The number of hydrogen-bond donors (Lipinski definition) is 1. The van der Waals surface area contributed by atoms with Crippen LogP contribution in [0.4, 0.5) is 0 Å². The van der Waals surface area contributed by atoms with Crippen molar-refractivity contribution < 1.29 is 4.79 Å². The number of carbonyl (C=O) groups is 1. The van der Waals surface area contributed by atoms with Crippen LogP contribution in [0.3, 0.4) is 0 Å². The van der Waals surface area contributed by atoms with Crippen molar-refractivity contribution in [3.8, 4) is 11.9 Å². The van der Waals surface area contributed by atoms with Gasteiger partial charge < -0.3 is 5.32 Å². The molecule has 1 aliphatic heterocycles. The summed E-state index contributed by atoms with van der Waals surface area (Å²) in [5.74, 6) is 0.375. The van der Waals surface area contributed by atoms with Crippen LogP contribution in [0.5, 0.6) is 0 Å². The highest BCUT2D eigenvalue weighted by atomic mass is 35.5. The van der Waals surface area contributed by atoms with Crippen molar-refractivity contribution in [3.63, 3.8) is 0 Å². The highest BCUT2D eigenvalue weighted by Gasteiger charge is 2.25. The summed E-state index contributed by atoms with van der Waals surface area (Å²) in [7, 11) is 0. The van der Waals surface area contributed by atoms with E-state index in [1.54, 1.807) is 24.5 Å². The van der Waals surface area contributed by atoms with Crippen molar-refractivity contribution in [2.75, 3.05) is 19.6 Å². The number of aryl methyl sites for hydroxylation is 1. The van der Waals surface area contributed by atoms with Gasteiger partial charge in [0.2, 0.25) is 0 Å². The largest absolute Gasteiger partial charge is 0.350 e. The molecule has 7 heteroatoms. The van der Waals surface area contributed by atoms with E-state index in [9.17, 15) is 10.1 Å². The topological polar surface area (TPSA) is 74.0 Å². The van der Waals surface area contributed by atoms with Crippen LogP contribution in [-0.4, -0.2) is 40.0 Å². The molecule has 0 spiro atoms. The average molecular weight is 498 g/mol. The molecule has 1 atom stereocenters. The molecule has 4 aromatic rings. The van der Waals surface area contributed by atoms with Crippen molar-refractivity contribution in [2.24, 2.45) is 0 Å². The zero-order valence-corrected chi connectivity index (χ0v) is 21.0. The fourth-order valence-corrected chi connectivity index (χ4v) is 5.27. The second-order valence-corrected chi connectivity index (χ2v) is 9.68. The Kier molecular flexibility index (Phi) is 7.04. The minimum Gasteiger partial charge on any atom is -0.350 e. The first-order valence-electron chi connectivity index (χ1n) is 12.3. The van der Waals surface area contributed by atoms with E-state index >= 15 is 0 Å². The van der Waals surface area contributed by atoms with Gasteiger partial charge in [0.05, 0.1) is 22.7 Å². The number of aromatic nitrogens is 2. The Labute approximate surface area is 216 Å². The molecule has 6 nitrogen and oxygen atoms in total. The first-order valence-corrected chi connectivity index (χ1v) is 12.7. The summed E-state index contributed by atoms with van der Waals surface area (Å²) in [6, 6.07) is 19.6. The van der Waals surface area contributed by atoms with Crippen molar-refractivity contribution >= 4 is 28.4 Å². The molecule has 0 aliphatic carbocycles. The predicted octanol–water partition coefficient (Wildman–Crippen LogP) is 5.82. The summed E-state index contributed by atoms with van der Waals surface area (Å²) in [6.45, 7) is 4.51. The van der Waals surface area contributed by atoms with Crippen LogP contribution in [-0.2, 0) is 0 Å². The molecule has 1 unspecified atom stereocenters. The van der Waals surface area contributed by atoms with Gasteiger partial charge in [-0.15, -0.1) is 0 Å². The van der Waals surface area contributed by atoms with Crippen LogP contribution in [0, 0.1) is 18.3 Å². The second kappa shape index (κ2) is 10.5. The SMILES string of the molecule is Cc1cccc2c1c(C(=O)NCC(c1ccc(Cl)cc1)N1CCCCC1)cn2-c1ncccc1C#N. The third-order valence-corrected chi connectivity index (χ3v) is 7.21. The molecule has 1 N–H and O–H groups in total. The molecule has 0 radical (unpaired) electrons. The van der Waals surface area contributed by atoms with E-state index in [4.69, 9.17) is 11.6 Å². The van der Waals surface area contributed by atoms with Crippen molar-refractivity contribution in [2.45, 2.75) is 32.2 Å². The molecule has 1 saturated heterocycles. The van der Waals surface area contributed by atoms with E-state index in [0.717, 1.165) is 48.0 Å². The van der Waals surface area contributed by atoms with Crippen LogP contribution in [0.25, 0.3) is 16.7 Å². The number of rotatable bonds is 6. The Balaban J connectivity index is 1.48. The minimum atomic E-state index is -0.140. The number of amides is 1. The number of nitrogens with one attached hydrogen (secondary N) is 1. The van der Waals surface area contributed by atoms with Gasteiger partial charge in [-0.1, -0.05) is 42.3 Å². The van der Waals surface area contributed by atoms with E-state index in [0.29, 0.717) is 28.5 Å². The lowest BCUT2D eigenvalue weighted by atomic mass is 10.0. The van der Waals surface area contributed by atoms with Crippen molar-refractivity contribution in [1.29, 1.82) is 5.26 Å². The Morgan fingerprint density at radius 3 is 2.64 bits per heavy atom. The number of piperidine rings is 1. The van der Waals surface area contributed by atoms with E-state index in [2.05, 4.69) is 21.3 Å². The van der Waals surface area contributed by atoms with Crippen LogP contribution >= 0.6 is 11.6 Å². The molecule has 2 aromatic carbocycles. The zero-order chi connectivity index (χ0) is 25.1.